The predicted octanol–water partition coefficient (Wildman–Crippen LogP) is 3.21. The summed E-state index contributed by atoms with van der Waals surface area (Å²) in [6.07, 6.45) is -0.501. The predicted molar refractivity (Wildman–Crippen MR) is 81.1 cm³/mol. The van der Waals surface area contributed by atoms with Gasteiger partial charge in [-0.3, -0.25) is 14.9 Å². The molecule has 7 heteroatoms. The number of nitrogens with zero attached hydrogens (tertiary/aromatic N) is 1. The van der Waals surface area contributed by atoms with Crippen LogP contribution in [0.4, 0.5) is 11.4 Å². The minimum absolute atomic E-state index is 0.0394. The molecule has 0 radical (unpaired) electrons. The number of hydrogen-bond acceptors (Lipinski definition) is 4. The lowest BCUT2D eigenvalue weighted by atomic mass is 10.1. The third-order valence-electron chi connectivity index (χ3n) is 3.25. The number of rotatable bonds is 2. The van der Waals surface area contributed by atoms with Gasteiger partial charge in [0, 0.05) is 17.3 Å². The van der Waals surface area contributed by atoms with Crippen molar-refractivity contribution in [2.75, 3.05) is 5.32 Å². The van der Waals surface area contributed by atoms with Gasteiger partial charge in [-0.15, -0.1) is 0 Å². The summed E-state index contributed by atoms with van der Waals surface area (Å²) in [5.74, 6) is -0.208. The van der Waals surface area contributed by atoms with Crippen molar-refractivity contribution >= 4 is 33.2 Å². The fraction of sp³-hybridized carbons (Fsp3) is 0.0714. The lowest BCUT2D eigenvalue weighted by Gasteiger charge is -2.28. The molecule has 1 amide bonds. The molecule has 2 aromatic rings. The fourth-order valence-corrected chi connectivity index (χ4v) is 2.61. The number of carbonyl (C=O) groups excluding carboxylic acids is 1. The maximum absolute atomic E-state index is 12.1. The van der Waals surface area contributed by atoms with Crippen molar-refractivity contribution in [3.63, 3.8) is 0 Å². The SMILES string of the molecule is O=C1N[C@@H](c2ccc(Br)c([N+](=O)[O-])c2)Nc2ccccc21. The van der Waals surface area contributed by atoms with Crippen LogP contribution in [0, 0.1) is 10.1 Å². The Bertz CT molecular complexity index is 748. The number of benzene rings is 2. The third-order valence-corrected chi connectivity index (χ3v) is 3.92. The standard InChI is InChI=1S/C14H10BrN3O3/c15-10-6-5-8(7-12(10)18(20)21)13-16-11-4-2-1-3-9(11)14(19)17-13/h1-7,13,16H,(H,17,19)/t13-/m0/s1. The first-order chi connectivity index (χ1) is 10.1. The molecule has 3 rings (SSSR count). The number of nitro benzene ring substituents is 1. The largest absolute Gasteiger partial charge is 0.361 e. The van der Waals surface area contributed by atoms with Gasteiger partial charge in [-0.1, -0.05) is 18.2 Å². The fourth-order valence-electron chi connectivity index (χ4n) is 2.22. The Hall–Kier alpha value is -2.41. The summed E-state index contributed by atoms with van der Waals surface area (Å²) in [6, 6.07) is 11.9. The van der Waals surface area contributed by atoms with Gasteiger partial charge in [-0.25, -0.2) is 0 Å². The molecular formula is C14H10BrN3O3. The summed E-state index contributed by atoms with van der Waals surface area (Å²) in [6.45, 7) is 0. The van der Waals surface area contributed by atoms with Crippen LogP contribution >= 0.6 is 15.9 Å². The molecule has 0 aromatic heterocycles. The molecule has 1 heterocycles. The zero-order valence-corrected chi connectivity index (χ0v) is 12.3. The van der Waals surface area contributed by atoms with Crippen LogP contribution in [0.3, 0.4) is 0 Å². The van der Waals surface area contributed by atoms with Crippen molar-refractivity contribution in [1.82, 2.24) is 5.32 Å². The van der Waals surface area contributed by atoms with Gasteiger partial charge in [-0.05, 0) is 34.1 Å². The van der Waals surface area contributed by atoms with Crippen LogP contribution in [0.25, 0.3) is 0 Å². The first-order valence-electron chi connectivity index (χ1n) is 6.16. The average molecular weight is 348 g/mol. The van der Waals surface area contributed by atoms with E-state index in [0.29, 0.717) is 21.3 Å². The van der Waals surface area contributed by atoms with Crippen molar-refractivity contribution < 1.29 is 9.72 Å². The van der Waals surface area contributed by atoms with Gasteiger partial charge in [-0.2, -0.15) is 0 Å². The van der Waals surface area contributed by atoms with Crippen molar-refractivity contribution in [3.05, 3.63) is 68.2 Å². The zero-order valence-electron chi connectivity index (χ0n) is 10.7. The van der Waals surface area contributed by atoms with E-state index in [-0.39, 0.29) is 11.6 Å². The smallest absolute Gasteiger partial charge is 0.283 e. The van der Waals surface area contributed by atoms with E-state index < -0.39 is 11.1 Å². The highest BCUT2D eigenvalue weighted by Gasteiger charge is 2.25. The molecule has 0 fully saturated rings. The topological polar surface area (TPSA) is 84.3 Å². The van der Waals surface area contributed by atoms with E-state index in [1.165, 1.54) is 6.07 Å². The molecule has 0 unspecified atom stereocenters. The second kappa shape index (κ2) is 5.17. The summed E-state index contributed by atoms with van der Waals surface area (Å²) in [4.78, 5) is 22.6. The van der Waals surface area contributed by atoms with E-state index in [0.717, 1.165) is 0 Å². The molecule has 21 heavy (non-hydrogen) atoms. The molecule has 2 N–H and O–H groups in total. The van der Waals surface area contributed by atoms with E-state index in [2.05, 4.69) is 26.6 Å². The van der Waals surface area contributed by atoms with Gasteiger partial charge in [0.15, 0.2) is 0 Å². The van der Waals surface area contributed by atoms with Crippen LogP contribution in [0.15, 0.2) is 46.9 Å². The lowest BCUT2D eigenvalue weighted by Crippen LogP contribution is -2.38. The van der Waals surface area contributed by atoms with E-state index in [1.54, 1.807) is 30.3 Å². The second-order valence-corrected chi connectivity index (χ2v) is 5.42. The number of hydrogen-bond donors (Lipinski definition) is 2. The minimum Gasteiger partial charge on any atom is -0.361 e. The number of fused-ring (bicyclic) bond motifs is 1. The summed E-state index contributed by atoms with van der Waals surface area (Å²) < 4.78 is 0.402. The first-order valence-corrected chi connectivity index (χ1v) is 6.96. The number of nitro groups is 1. The van der Waals surface area contributed by atoms with E-state index >= 15 is 0 Å². The quantitative estimate of drug-likeness (QED) is 0.645. The lowest BCUT2D eigenvalue weighted by molar-refractivity contribution is -0.385. The first kappa shape index (κ1) is 13.6. The van der Waals surface area contributed by atoms with Crippen LogP contribution in [-0.4, -0.2) is 10.8 Å². The molecule has 0 saturated heterocycles. The van der Waals surface area contributed by atoms with E-state index in [1.807, 2.05) is 6.07 Å². The Morgan fingerprint density at radius 3 is 2.67 bits per heavy atom. The molecule has 0 aliphatic carbocycles. The molecule has 2 aromatic carbocycles. The highest BCUT2D eigenvalue weighted by atomic mass is 79.9. The van der Waals surface area contributed by atoms with Crippen LogP contribution in [-0.2, 0) is 0 Å². The molecule has 0 bridgehead atoms. The van der Waals surface area contributed by atoms with Gasteiger partial charge >= 0.3 is 0 Å². The van der Waals surface area contributed by atoms with Crippen LogP contribution in [0.2, 0.25) is 0 Å². The number of para-hydroxylation sites is 1. The van der Waals surface area contributed by atoms with Gasteiger partial charge in [0.2, 0.25) is 0 Å². The third kappa shape index (κ3) is 2.47. The summed E-state index contributed by atoms with van der Waals surface area (Å²) >= 11 is 3.14. The Labute approximate surface area is 128 Å². The van der Waals surface area contributed by atoms with E-state index in [4.69, 9.17) is 0 Å². The minimum atomic E-state index is -0.501. The molecule has 1 atom stereocenters. The molecule has 1 aliphatic heterocycles. The molecular weight excluding hydrogens is 338 g/mol. The van der Waals surface area contributed by atoms with Crippen molar-refractivity contribution in [1.29, 1.82) is 0 Å². The monoisotopic (exact) mass is 347 g/mol. The number of anilines is 1. The number of carbonyl (C=O) groups is 1. The van der Waals surface area contributed by atoms with Crippen LogP contribution in [0.1, 0.15) is 22.1 Å². The van der Waals surface area contributed by atoms with Crippen LogP contribution < -0.4 is 10.6 Å². The maximum atomic E-state index is 12.1. The average Bonchev–Trinajstić information content (AvgIpc) is 2.47. The number of halogens is 1. The molecule has 0 saturated carbocycles. The molecule has 0 spiro atoms. The van der Waals surface area contributed by atoms with Crippen molar-refractivity contribution in [2.24, 2.45) is 0 Å². The van der Waals surface area contributed by atoms with Gasteiger partial charge in [0.25, 0.3) is 11.6 Å². The number of amides is 1. The number of nitrogens with one attached hydrogen (secondary N) is 2. The summed E-state index contributed by atoms with van der Waals surface area (Å²) in [5, 5.41) is 16.9. The Kier molecular flexibility index (Phi) is 3.34. The van der Waals surface area contributed by atoms with Gasteiger partial charge < -0.3 is 10.6 Å². The van der Waals surface area contributed by atoms with Crippen molar-refractivity contribution in [2.45, 2.75) is 6.17 Å². The van der Waals surface area contributed by atoms with Crippen LogP contribution in [0.5, 0.6) is 0 Å². The van der Waals surface area contributed by atoms with Crippen molar-refractivity contribution in [3.8, 4) is 0 Å². The summed E-state index contributed by atoms with van der Waals surface area (Å²) in [5.41, 5.74) is 1.84. The normalized spacial score (nSPS) is 16.6. The summed E-state index contributed by atoms with van der Waals surface area (Å²) in [7, 11) is 0. The highest BCUT2D eigenvalue weighted by Crippen LogP contribution is 2.31. The van der Waals surface area contributed by atoms with E-state index in [9.17, 15) is 14.9 Å². The molecule has 106 valence electrons. The molecule has 6 nitrogen and oxygen atoms in total. The maximum Gasteiger partial charge on any atom is 0.283 e. The highest BCUT2D eigenvalue weighted by molar-refractivity contribution is 9.10. The Morgan fingerprint density at radius 1 is 1.14 bits per heavy atom. The van der Waals surface area contributed by atoms with Gasteiger partial charge in [0.05, 0.1) is 15.0 Å². The Morgan fingerprint density at radius 2 is 1.90 bits per heavy atom. The molecule has 1 aliphatic rings. The second-order valence-electron chi connectivity index (χ2n) is 4.56. The van der Waals surface area contributed by atoms with Gasteiger partial charge in [0.1, 0.15) is 6.17 Å². The zero-order chi connectivity index (χ0) is 15.0. The Balaban J connectivity index is 1.98.